The van der Waals surface area contributed by atoms with Crippen molar-refractivity contribution in [3.8, 4) is 11.5 Å². The lowest BCUT2D eigenvalue weighted by Gasteiger charge is -2.14. The molecule has 9 heteroatoms. The van der Waals surface area contributed by atoms with Crippen molar-refractivity contribution in [2.75, 3.05) is 7.11 Å². The molecule has 34 heavy (non-hydrogen) atoms. The standard InChI is InChI=1S/C25H17Cl2NO5S/c1-32-21-12-15(10-11-20(21)33-24(30)16-6-3-2-4-7-16)13-22-23(29)28(25(31)34-22)14-17-18(26)8-5-9-19(17)27/h2-13H,14H2,1H3/b22-13-. The number of methoxy groups -OCH3 is 1. The van der Waals surface area contributed by atoms with Gasteiger partial charge in [0.15, 0.2) is 11.5 Å². The summed E-state index contributed by atoms with van der Waals surface area (Å²) >= 11 is 13.2. The number of nitrogens with zero attached hydrogens (tertiary/aromatic N) is 1. The Morgan fingerprint density at radius 2 is 1.68 bits per heavy atom. The van der Waals surface area contributed by atoms with Crippen LogP contribution in [-0.2, 0) is 11.3 Å². The Balaban J connectivity index is 1.54. The van der Waals surface area contributed by atoms with Gasteiger partial charge in [-0.1, -0.05) is 53.5 Å². The lowest BCUT2D eigenvalue weighted by atomic mass is 10.1. The van der Waals surface area contributed by atoms with Gasteiger partial charge in [-0.05, 0) is 59.8 Å². The molecule has 2 amide bonds. The van der Waals surface area contributed by atoms with E-state index in [2.05, 4.69) is 0 Å². The van der Waals surface area contributed by atoms with Gasteiger partial charge in [0, 0.05) is 15.6 Å². The van der Waals surface area contributed by atoms with Crippen LogP contribution < -0.4 is 9.47 Å². The number of amides is 2. The molecule has 3 aromatic carbocycles. The summed E-state index contributed by atoms with van der Waals surface area (Å²) in [5, 5.41) is 0.328. The van der Waals surface area contributed by atoms with E-state index in [4.69, 9.17) is 32.7 Å². The largest absolute Gasteiger partial charge is 0.493 e. The van der Waals surface area contributed by atoms with Gasteiger partial charge in [-0.25, -0.2) is 4.79 Å². The molecule has 1 heterocycles. The average Bonchev–Trinajstić information content (AvgIpc) is 3.09. The minimum absolute atomic E-state index is 0.0296. The molecule has 6 nitrogen and oxygen atoms in total. The summed E-state index contributed by atoms with van der Waals surface area (Å²) in [5.74, 6) is -0.439. The molecule has 3 aromatic rings. The Bertz CT molecular complexity index is 1290. The SMILES string of the molecule is COc1cc(/C=C2\SC(=O)N(Cc3c(Cl)cccc3Cl)C2=O)ccc1OC(=O)c1ccccc1. The van der Waals surface area contributed by atoms with Crippen molar-refractivity contribution >= 4 is 58.2 Å². The van der Waals surface area contributed by atoms with Crippen LogP contribution in [0.4, 0.5) is 4.79 Å². The first kappa shape index (κ1) is 23.9. The third kappa shape index (κ3) is 5.12. The summed E-state index contributed by atoms with van der Waals surface area (Å²) in [6.45, 7) is -0.0296. The van der Waals surface area contributed by atoms with Crippen LogP contribution in [0.25, 0.3) is 6.08 Å². The molecule has 0 radical (unpaired) electrons. The molecule has 0 saturated carbocycles. The molecule has 0 aliphatic carbocycles. The Morgan fingerprint density at radius 3 is 2.35 bits per heavy atom. The number of esters is 1. The van der Waals surface area contributed by atoms with E-state index in [-0.39, 0.29) is 17.2 Å². The summed E-state index contributed by atoms with van der Waals surface area (Å²) in [6.07, 6.45) is 1.57. The van der Waals surface area contributed by atoms with Crippen LogP contribution in [0.3, 0.4) is 0 Å². The molecule has 0 atom stereocenters. The molecule has 0 bridgehead atoms. The van der Waals surface area contributed by atoms with Gasteiger partial charge in [0.1, 0.15) is 0 Å². The third-order valence-electron chi connectivity index (χ3n) is 4.95. The molecule has 0 unspecified atom stereocenters. The van der Waals surface area contributed by atoms with Crippen LogP contribution in [0.2, 0.25) is 10.0 Å². The van der Waals surface area contributed by atoms with Crippen molar-refractivity contribution in [1.29, 1.82) is 0 Å². The Hall–Kier alpha value is -3.26. The predicted molar refractivity (Wildman–Crippen MR) is 132 cm³/mol. The number of carbonyl (C=O) groups excluding carboxylic acids is 3. The Labute approximate surface area is 210 Å². The summed E-state index contributed by atoms with van der Waals surface area (Å²) < 4.78 is 10.8. The number of hydrogen-bond donors (Lipinski definition) is 0. The van der Waals surface area contributed by atoms with Gasteiger partial charge in [-0.15, -0.1) is 0 Å². The van der Waals surface area contributed by atoms with Gasteiger partial charge >= 0.3 is 5.97 Å². The van der Waals surface area contributed by atoms with Gasteiger partial charge in [-0.3, -0.25) is 14.5 Å². The second kappa shape index (κ2) is 10.3. The minimum Gasteiger partial charge on any atom is -0.493 e. The molecule has 0 N–H and O–H groups in total. The van der Waals surface area contributed by atoms with Crippen LogP contribution in [0.1, 0.15) is 21.5 Å². The zero-order chi connectivity index (χ0) is 24.2. The summed E-state index contributed by atoms with van der Waals surface area (Å²) in [6, 6.07) is 18.4. The molecular weight excluding hydrogens is 497 g/mol. The van der Waals surface area contributed by atoms with E-state index in [1.54, 1.807) is 72.8 Å². The van der Waals surface area contributed by atoms with Crippen LogP contribution >= 0.6 is 35.0 Å². The zero-order valence-corrected chi connectivity index (χ0v) is 20.1. The second-order valence-corrected chi connectivity index (χ2v) is 8.94. The summed E-state index contributed by atoms with van der Waals surface area (Å²) in [4.78, 5) is 39.1. The van der Waals surface area contributed by atoms with Gasteiger partial charge in [0.2, 0.25) is 0 Å². The quantitative estimate of drug-likeness (QED) is 0.214. The van der Waals surface area contributed by atoms with E-state index in [0.29, 0.717) is 32.5 Å². The van der Waals surface area contributed by atoms with Crippen molar-refractivity contribution in [2.24, 2.45) is 0 Å². The molecule has 4 rings (SSSR count). The van der Waals surface area contributed by atoms with E-state index in [1.165, 1.54) is 7.11 Å². The van der Waals surface area contributed by atoms with Crippen molar-refractivity contribution in [2.45, 2.75) is 6.54 Å². The number of thioether (sulfide) groups is 1. The summed E-state index contributed by atoms with van der Waals surface area (Å²) in [7, 11) is 1.44. The van der Waals surface area contributed by atoms with Crippen LogP contribution in [0.15, 0.2) is 71.6 Å². The normalized spacial score (nSPS) is 14.6. The van der Waals surface area contributed by atoms with Gasteiger partial charge in [0.05, 0.1) is 24.1 Å². The molecule has 0 aromatic heterocycles. The number of benzene rings is 3. The fourth-order valence-corrected chi connectivity index (χ4v) is 4.58. The first-order valence-corrected chi connectivity index (χ1v) is 11.6. The van der Waals surface area contributed by atoms with Gasteiger partial charge in [0.25, 0.3) is 11.1 Å². The topological polar surface area (TPSA) is 72.9 Å². The minimum atomic E-state index is -0.522. The van der Waals surface area contributed by atoms with E-state index in [9.17, 15) is 14.4 Å². The lowest BCUT2D eigenvalue weighted by Crippen LogP contribution is -2.27. The number of rotatable bonds is 6. The smallest absolute Gasteiger partial charge is 0.343 e. The first-order valence-electron chi connectivity index (χ1n) is 10.0. The molecular formula is C25H17Cl2NO5S. The number of carbonyl (C=O) groups is 3. The number of imide groups is 1. The molecule has 1 aliphatic heterocycles. The fourth-order valence-electron chi connectivity index (χ4n) is 3.22. The van der Waals surface area contributed by atoms with Crippen molar-refractivity contribution < 1.29 is 23.9 Å². The maximum Gasteiger partial charge on any atom is 0.343 e. The third-order valence-corrected chi connectivity index (χ3v) is 6.56. The first-order chi connectivity index (χ1) is 16.4. The van der Waals surface area contributed by atoms with E-state index >= 15 is 0 Å². The molecule has 0 spiro atoms. The maximum absolute atomic E-state index is 12.9. The predicted octanol–water partition coefficient (Wildman–Crippen LogP) is 6.46. The molecule has 1 aliphatic rings. The van der Waals surface area contributed by atoms with E-state index in [1.807, 2.05) is 0 Å². The van der Waals surface area contributed by atoms with Crippen molar-refractivity contribution in [1.82, 2.24) is 4.90 Å². The monoisotopic (exact) mass is 513 g/mol. The maximum atomic E-state index is 12.9. The highest BCUT2D eigenvalue weighted by Gasteiger charge is 2.35. The van der Waals surface area contributed by atoms with Crippen LogP contribution in [-0.4, -0.2) is 29.1 Å². The van der Waals surface area contributed by atoms with Crippen molar-refractivity contribution in [3.63, 3.8) is 0 Å². The van der Waals surface area contributed by atoms with Crippen LogP contribution in [0.5, 0.6) is 11.5 Å². The van der Waals surface area contributed by atoms with Gasteiger partial charge < -0.3 is 9.47 Å². The second-order valence-electron chi connectivity index (χ2n) is 7.13. The van der Waals surface area contributed by atoms with Crippen molar-refractivity contribution in [3.05, 3.63) is 98.4 Å². The molecule has 172 valence electrons. The van der Waals surface area contributed by atoms with Crippen LogP contribution in [0, 0.1) is 0 Å². The average molecular weight is 514 g/mol. The zero-order valence-electron chi connectivity index (χ0n) is 17.8. The summed E-state index contributed by atoms with van der Waals surface area (Å²) in [5.41, 5.74) is 1.50. The number of hydrogen-bond acceptors (Lipinski definition) is 6. The Kier molecular flexibility index (Phi) is 7.26. The highest BCUT2D eigenvalue weighted by molar-refractivity contribution is 8.18. The fraction of sp³-hybridized carbons (Fsp3) is 0.0800. The lowest BCUT2D eigenvalue weighted by molar-refractivity contribution is -0.123. The Morgan fingerprint density at radius 1 is 0.971 bits per heavy atom. The molecule has 1 fully saturated rings. The van der Waals surface area contributed by atoms with Gasteiger partial charge in [-0.2, -0.15) is 0 Å². The highest BCUT2D eigenvalue weighted by Crippen LogP contribution is 2.37. The van der Waals surface area contributed by atoms with E-state index < -0.39 is 17.1 Å². The van der Waals surface area contributed by atoms with E-state index in [0.717, 1.165) is 16.7 Å². The number of halogens is 2. The highest BCUT2D eigenvalue weighted by atomic mass is 35.5. The molecule has 1 saturated heterocycles. The number of ether oxygens (including phenoxy) is 2.